The Morgan fingerprint density at radius 3 is 2.47 bits per heavy atom. The molecule has 0 amide bonds. The number of aliphatic imine (C=N–C) groups is 1. The molecule has 1 aromatic rings. The molecule has 4 nitrogen and oxygen atoms in total. The summed E-state index contributed by atoms with van der Waals surface area (Å²) in [5, 5.41) is 0. The maximum atomic E-state index is 13.1. The molecule has 1 aromatic carbocycles. The van der Waals surface area contributed by atoms with E-state index in [1.807, 2.05) is 0 Å². The molecule has 17 heavy (non-hydrogen) atoms. The fourth-order valence-corrected chi connectivity index (χ4v) is 2.41. The molecule has 0 fully saturated rings. The highest BCUT2D eigenvalue weighted by Gasteiger charge is 2.16. The van der Waals surface area contributed by atoms with E-state index in [1.54, 1.807) is 0 Å². The van der Waals surface area contributed by atoms with Gasteiger partial charge in [0.2, 0.25) is 0 Å². The summed E-state index contributed by atoms with van der Waals surface area (Å²) in [6.07, 6.45) is 1.04. The highest BCUT2D eigenvalue weighted by molar-refractivity contribution is 7.91. The molecular formula is C11H13FN2O2S. The van der Waals surface area contributed by atoms with Gasteiger partial charge in [-0.25, -0.2) is 12.8 Å². The lowest BCUT2D eigenvalue weighted by Crippen LogP contribution is -2.08. The van der Waals surface area contributed by atoms with Gasteiger partial charge in [-0.2, -0.15) is 0 Å². The van der Waals surface area contributed by atoms with Crippen LogP contribution in [-0.4, -0.2) is 27.4 Å². The van der Waals surface area contributed by atoms with E-state index in [0.717, 1.165) is 6.08 Å². The van der Waals surface area contributed by atoms with Crippen molar-refractivity contribution in [2.24, 2.45) is 10.7 Å². The van der Waals surface area contributed by atoms with Crippen molar-refractivity contribution in [2.45, 2.75) is 4.90 Å². The third kappa shape index (κ3) is 3.76. The van der Waals surface area contributed by atoms with E-state index in [0.29, 0.717) is 5.69 Å². The number of rotatable bonds is 5. The van der Waals surface area contributed by atoms with Crippen molar-refractivity contribution in [3.63, 3.8) is 0 Å². The first-order chi connectivity index (χ1) is 7.99. The number of sulfone groups is 1. The van der Waals surface area contributed by atoms with Gasteiger partial charge >= 0.3 is 0 Å². The fraction of sp³-hybridized carbons (Fsp3) is 0.182. The largest absolute Gasteiger partial charge is 0.327 e. The topological polar surface area (TPSA) is 72.5 Å². The van der Waals surface area contributed by atoms with Crippen molar-refractivity contribution in [1.29, 1.82) is 0 Å². The number of nitrogens with two attached hydrogens (primary N) is 1. The SMILES string of the molecule is C=Nc1ccc(S(=O)(=O)C/C(F)=C/CN)cc1. The molecule has 0 heterocycles. The molecule has 0 aliphatic carbocycles. The quantitative estimate of drug-likeness (QED) is 0.813. The average Bonchev–Trinajstić information content (AvgIpc) is 2.28. The minimum Gasteiger partial charge on any atom is -0.327 e. The number of nitrogens with zero attached hydrogens (tertiary/aromatic N) is 1. The Balaban J connectivity index is 2.97. The van der Waals surface area contributed by atoms with Crippen LogP contribution < -0.4 is 5.73 Å². The summed E-state index contributed by atoms with van der Waals surface area (Å²) in [5.74, 6) is -1.43. The van der Waals surface area contributed by atoms with Crippen molar-refractivity contribution in [3.8, 4) is 0 Å². The molecule has 0 aromatic heterocycles. The Morgan fingerprint density at radius 2 is 2.00 bits per heavy atom. The predicted octanol–water partition coefficient (Wildman–Crippen LogP) is 1.60. The normalized spacial score (nSPS) is 12.5. The van der Waals surface area contributed by atoms with Gasteiger partial charge in [-0.1, -0.05) is 0 Å². The van der Waals surface area contributed by atoms with Crippen molar-refractivity contribution in [3.05, 3.63) is 36.2 Å². The van der Waals surface area contributed by atoms with E-state index in [4.69, 9.17) is 5.73 Å². The van der Waals surface area contributed by atoms with E-state index < -0.39 is 21.4 Å². The van der Waals surface area contributed by atoms with E-state index in [-0.39, 0.29) is 11.4 Å². The maximum absolute atomic E-state index is 13.1. The van der Waals surface area contributed by atoms with Crippen LogP contribution in [0.5, 0.6) is 0 Å². The van der Waals surface area contributed by atoms with Crippen molar-refractivity contribution >= 4 is 22.2 Å². The lowest BCUT2D eigenvalue weighted by molar-refractivity contribution is 0.583. The zero-order chi connectivity index (χ0) is 12.9. The van der Waals surface area contributed by atoms with Gasteiger partial charge in [0, 0.05) is 6.54 Å². The Hall–Kier alpha value is -1.53. The van der Waals surface area contributed by atoms with Gasteiger partial charge in [0.25, 0.3) is 0 Å². The van der Waals surface area contributed by atoms with Gasteiger partial charge < -0.3 is 5.73 Å². The molecule has 92 valence electrons. The molecule has 0 atom stereocenters. The molecule has 1 rings (SSSR count). The van der Waals surface area contributed by atoms with Gasteiger partial charge in [0.1, 0.15) is 11.6 Å². The van der Waals surface area contributed by atoms with Gasteiger partial charge in [-0.15, -0.1) is 0 Å². The predicted molar refractivity (Wildman–Crippen MR) is 65.9 cm³/mol. The summed E-state index contributed by atoms with van der Waals surface area (Å²) in [4.78, 5) is 3.68. The summed E-state index contributed by atoms with van der Waals surface area (Å²) in [6, 6.07) is 5.75. The Labute approximate surface area is 99.6 Å². The average molecular weight is 256 g/mol. The van der Waals surface area contributed by atoms with E-state index in [2.05, 4.69) is 11.7 Å². The summed E-state index contributed by atoms with van der Waals surface area (Å²) < 4.78 is 36.6. The molecule has 0 unspecified atom stereocenters. The number of hydrogen-bond donors (Lipinski definition) is 1. The highest BCUT2D eigenvalue weighted by Crippen LogP contribution is 2.18. The molecule has 2 N–H and O–H groups in total. The third-order valence-electron chi connectivity index (χ3n) is 2.05. The molecule has 6 heteroatoms. The standard InChI is InChI=1S/C11H13FN2O2S/c1-14-10-2-4-11(5-3-10)17(15,16)8-9(12)6-7-13/h2-6H,1,7-8,13H2/b9-6-. The first kappa shape index (κ1) is 13.5. The van der Waals surface area contributed by atoms with Gasteiger partial charge in [-0.05, 0) is 37.1 Å². The van der Waals surface area contributed by atoms with Crippen LogP contribution in [0.25, 0.3) is 0 Å². The molecule has 0 saturated heterocycles. The summed E-state index contributed by atoms with van der Waals surface area (Å²) >= 11 is 0. The van der Waals surface area contributed by atoms with Crippen LogP contribution >= 0.6 is 0 Å². The van der Waals surface area contributed by atoms with E-state index in [9.17, 15) is 12.8 Å². The second-order valence-electron chi connectivity index (χ2n) is 3.30. The molecule has 0 radical (unpaired) electrons. The minimum atomic E-state index is -3.67. The smallest absolute Gasteiger partial charge is 0.184 e. The summed E-state index contributed by atoms with van der Waals surface area (Å²) in [6.45, 7) is 3.29. The van der Waals surface area contributed by atoms with Crippen LogP contribution in [0, 0.1) is 0 Å². The fourth-order valence-electron chi connectivity index (χ4n) is 1.21. The first-order valence-corrected chi connectivity index (χ1v) is 6.49. The second-order valence-corrected chi connectivity index (χ2v) is 5.29. The van der Waals surface area contributed by atoms with Crippen LogP contribution in [0.4, 0.5) is 10.1 Å². The summed E-state index contributed by atoms with van der Waals surface area (Å²) in [5.41, 5.74) is 5.65. The van der Waals surface area contributed by atoms with E-state index >= 15 is 0 Å². The zero-order valence-electron chi connectivity index (χ0n) is 9.14. The monoisotopic (exact) mass is 256 g/mol. The van der Waals surface area contributed by atoms with Gasteiger partial charge in [-0.3, -0.25) is 4.99 Å². The number of halogens is 1. The van der Waals surface area contributed by atoms with Crippen molar-refractivity contribution in [2.75, 3.05) is 12.3 Å². The van der Waals surface area contributed by atoms with Crippen LogP contribution in [0.2, 0.25) is 0 Å². The lowest BCUT2D eigenvalue weighted by atomic mass is 10.3. The highest BCUT2D eigenvalue weighted by atomic mass is 32.2. The van der Waals surface area contributed by atoms with Crippen LogP contribution in [0.15, 0.2) is 46.1 Å². The van der Waals surface area contributed by atoms with Crippen molar-refractivity contribution in [1.82, 2.24) is 0 Å². The van der Waals surface area contributed by atoms with Crippen molar-refractivity contribution < 1.29 is 12.8 Å². The van der Waals surface area contributed by atoms with Gasteiger partial charge in [0.15, 0.2) is 9.84 Å². The minimum absolute atomic E-state index is 0.0271. The lowest BCUT2D eigenvalue weighted by Gasteiger charge is -2.03. The zero-order valence-corrected chi connectivity index (χ0v) is 9.95. The maximum Gasteiger partial charge on any atom is 0.184 e. The third-order valence-corrected chi connectivity index (χ3v) is 3.69. The Bertz CT molecular complexity index is 521. The van der Waals surface area contributed by atoms with Crippen LogP contribution in [0.1, 0.15) is 0 Å². The van der Waals surface area contributed by atoms with Gasteiger partial charge in [0.05, 0.1) is 10.6 Å². The number of benzene rings is 1. The summed E-state index contributed by atoms with van der Waals surface area (Å²) in [7, 11) is -3.67. The van der Waals surface area contributed by atoms with E-state index in [1.165, 1.54) is 24.3 Å². The second kappa shape index (κ2) is 5.70. The Morgan fingerprint density at radius 1 is 1.41 bits per heavy atom. The molecule has 0 aliphatic rings. The first-order valence-electron chi connectivity index (χ1n) is 4.84. The molecule has 0 saturated carbocycles. The number of hydrogen-bond acceptors (Lipinski definition) is 4. The van der Waals surface area contributed by atoms with Crippen LogP contribution in [0.3, 0.4) is 0 Å². The molecule has 0 aliphatic heterocycles. The Kier molecular flexibility index (Phi) is 4.53. The van der Waals surface area contributed by atoms with Crippen LogP contribution in [-0.2, 0) is 9.84 Å². The molecular weight excluding hydrogens is 243 g/mol. The molecule has 0 bridgehead atoms. The molecule has 0 spiro atoms.